The molecule has 144 valence electrons. The number of halogens is 1. The maximum absolute atomic E-state index is 11.3. The van der Waals surface area contributed by atoms with Gasteiger partial charge in [-0.25, -0.2) is 4.98 Å². The number of fused-ring (bicyclic) bond motifs is 2. The Balaban J connectivity index is 1.43. The van der Waals surface area contributed by atoms with Gasteiger partial charge in [-0.15, -0.1) is 11.3 Å². The highest BCUT2D eigenvalue weighted by Crippen LogP contribution is 2.49. The van der Waals surface area contributed by atoms with Crippen molar-refractivity contribution in [1.29, 1.82) is 0 Å². The largest absolute Gasteiger partial charge is 0.480 e. The van der Waals surface area contributed by atoms with Crippen molar-refractivity contribution in [1.82, 2.24) is 4.98 Å². The molecular weight excluding hydrogens is 414 g/mol. The maximum Gasteiger partial charge on any atom is 0.319 e. The van der Waals surface area contributed by atoms with Gasteiger partial charge < -0.3 is 9.84 Å². The average Bonchev–Trinajstić information content (AvgIpc) is 3.12. The molecule has 0 saturated carbocycles. The monoisotopic (exact) mass is 431 g/mol. The van der Waals surface area contributed by atoms with Gasteiger partial charge in [0.15, 0.2) is 4.34 Å². The van der Waals surface area contributed by atoms with E-state index in [0.717, 1.165) is 37.3 Å². The van der Waals surface area contributed by atoms with Crippen molar-refractivity contribution in [2.45, 2.75) is 35.6 Å². The summed E-state index contributed by atoms with van der Waals surface area (Å²) < 4.78 is 5.92. The molecule has 2 aromatic rings. The summed E-state index contributed by atoms with van der Waals surface area (Å²) in [5.41, 5.74) is 5.00. The van der Waals surface area contributed by atoms with Crippen molar-refractivity contribution in [3.8, 4) is 0 Å². The Bertz CT molecular complexity index is 1020. The molecular formula is C21H18ClNO3S2. The fraction of sp³-hybridized carbons (Fsp3) is 0.238. The molecule has 0 spiro atoms. The van der Waals surface area contributed by atoms with Crippen LogP contribution in [0, 0.1) is 0 Å². The molecule has 7 heteroatoms. The Morgan fingerprint density at radius 3 is 2.75 bits per heavy atom. The Labute approximate surface area is 176 Å². The molecule has 1 aromatic carbocycles. The van der Waals surface area contributed by atoms with E-state index < -0.39 is 10.7 Å². The molecule has 2 bridgehead atoms. The van der Waals surface area contributed by atoms with Crippen LogP contribution in [0.5, 0.6) is 0 Å². The summed E-state index contributed by atoms with van der Waals surface area (Å²) in [5, 5.41) is 11.9. The van der Waals surface area contributed by atoms with E-state index in [1.165, 1.54) is 23.1 Å². The van der Waals surface area contributed by atoms with Gasteiger partial charge in [-0.2, -0.15) is 0 Å². The molecule has 2 aliphatic rings. The van der Waals surface area contributed by atoms with Crippen LogP contribution in [-0.2, 0) is 16.1 Å². The van der Waals surface area contributed by atoms with Gasteiger partial charge in [0, 0.05) is 16.5 Å². The lowest BCUT2D eigenvalue weighted by Gasteiger charge is -2.37. The summed E-state index contributed by atoms with van der Waals surface area (Å²) in [6.45, 7) is 3.69. The number of thioether (sulfide) groups is 1. The number of carboxylic acids is 1. The van der Waals surface area contributed by atoms with E-state index in [0.29, 0.717) is 6.61 Å². The van der Waals surface area contributed by atoms with Gasteiger partial charge in [-0.1, -0.05) is 65.8 Å². The Kier molecular flexibility index (Phi) is 5.22. The first-order valence-corrected chi connectivity index (χ1v) is 10.8. The highest BCUT2D eigenvalue weighted by Gasteiger charge is 2.39. The molecule has 0 amide bonds. The van der Waals surface area contributed by atoms with Crippen molar-refractivity contribution >= 4 is 46.2 Å². The first kappa shape index (κ1) is 19.5. The molecule has 0 radical (unpaired) electrons. The van der Waals surface area contributed by atoms with Gasteiger partial charge >= 0.3 is 5.97 Å². The smallest absolute Gasteiger partial charge is 0.319 e. The molecule has 0 saturated heterocycles. The number of carbonyl (C=O) groups is 1. The number of benzene rings is 1. The summed E-state index contributed by atoms with van der Waals surface area (Å²) in [5.74, 6) is -0.860. The molecule has 1 aromatic heterocycles. The fourth-order valence-electron chi connectivity index (χ4n) is 3.02. The lowest BCUT2D eigenvalue weighted by Crippen LogP contribution is -2.31. The minimum atomic E-state index is -0.917. The Hall–Kier alpha value is -1.86. The van der Waals surface area contributed by atoms with Gasteiger partial charge in [0.25, 0.3) is 0 Å². The minimum Gasteiger partial charge on any atom is -0.480 e. The van der Waals surface area contributed by atoms with Crippen molar-refractivity contribution in [2.24, 2.45) is 0 Å². The predicted molar refractivity (Wildman–Crippen MR) is 114 cm³/mol. The third kappa shape index (κ3) is 3.57. The van der Waals surface area contributed by atoms with Crippen LogP contribution in [-0.4, -0.2) is 26.9 Å². The topological polar surface area (TPSA) is 59.4 Å². The molecule has 1 unspecified atom stereocenters. The van der Waals surface area contributed by atoms with E-state index in [9.17, 15) is 9.90 Å². The molecule has 28 heavy (non-hydrogen) atoms. The number of carboxylic acid groups (broad SMARTS) is 1. The summed E-state index contributed by atoms with van der Waals surface area (Å²) in [7, 11) is 0. The van der Waals surface area contributed by atoms with E-state index in [1.54, 1.807) is 13.8 Å². The number of rotatable bonds is 7. The van der Waals surface area contributed by atoms with E-state index in [-0.39, 0.29) is 6.10 Å². The van der Waals surface area contributed by atoms with E-state index in [1.807, 2.05) is 29.7 Å². The molecule has 1 atom stereocenters. The number of thiazole rings is 1. The summed E-state index contributed by atoms with van der Waals surface area (Å²) in [6, 6.07) is 10.1. The second-order valence-electron chi connectivity index (χ2n) is 7.01. The summed E-state index contributed by atoms with van der Waals surface area (Å²) in [4.78, 5) is 15.8. The van der Waals surface area contributed by atoms with E-state index in [4.69, 9.17) is 16.3 Å². The lowest BCUT2D eigenvalue weighted by molar-refractivity contribution is -0.138. The molecule has 1 N–H and O–H groups in total. The zero-order chi connectivity index (χ0) is 19.9. The number of ether oxygens (including phenoxy) is 1. The molecule has 4 rings (SSSR count). The van der Waals surface area contributed by atoms with Crippen LogP contribution in [0.15, 0.2) is 68.4 Å². The van der Waals surface area contributed by atoms with Crippen LogP contribution in [0.1, 0.15) is 25.1 Å². The molecule has 0 fully saturated rings. The number of aliphatic carboxylic acids is 1. The quantitative estimate of drug-likeness (QED) is 0.585. The van der Waals surface area contributed by atoms with Gasteiger partial charge in [-0.3, -0.25) is 4.79 Å². The summed E-state index contributed by atoms with van der Waals surface area (Å²) in [6.07, 6.45) is 3.94. The van der Waals surface area contributed by atoms with Crippen LogP contribution in [0.25, 0.3) is 5.57 Å². The third-order valence-electron chi connectivity index (χ3n) is 4.63. The predicted octanol–water partition coefficient (Wildman–Crippen LogP) is 5.51. The zero-order valence-electron chi connectivity index (χ0n) is 15.3. The first-order valence-electron chi connectivity index (χ1n) is 8.73. The number of hydrogen-bond donors (Lipinski definition) is 1. The zero-order valence-corrected chi connectivity index (χ0v) is 17.7. The van der Waals surface area contributed by atoms with Crippen molar-refractivity contribution in [3.63, 3.8) is 0 Å². The van der Waals surface area contributed by atoms with Crippen molar-refractivity contribution < 1.29 is 14.6 Å². The van der Waals surface area contributed by atoms with Gasteiger partial charge in [0.1, 0.15) is 10.9 Å². The van der Waals surface area contributed by atoms with E-state index in [2.05, 4.69) is 23.2 Å². The Morgan fingerprint density at radius 2 is 2.07 bits per heavy atom. The van der Waals surface area contributed by atoms with Crippen LogP contribution in [0.3, 0.4) is 0 Å². The SMILES string of the molecule is CC(C)(Sc1nc(COC2c3ccc(-c4ccccc4)c2c3Cl)cs1)C(=O)O. The molecule has 4 nitrogen and oxygen atoms in total. The normalized spacial score (nSPS) is 18.5. The average molecular weight is 432 g/mol. The van der Waals surface area contributed by atoms with Crippen LogP contribution in [0.4, 0.5) is 0 Å². The molecule has 0 aliphatic heterocycles. The highest BCUT2D eigenvalue weighted by molar-refractivity contribution is 8.02. The number of aromatic nitrogens is 1. The standard InChI is InChI=1S/C21H18ClNO3S2/c1-21(2,19(24)25)28-20-23-13(11-27-20)10-26-18-15-9-8-14(16(18)17(15)22)12-6-4-3-5-7-12/h3-9,11,18H,10H2,1-2H3,(H,24,25). The highest BCUT2D eigenvalue weighted by atomic mass is 35.5. The maximum atomic E-state index is 11.3. The second kappa shape index (κ2) is 7.52. The number of nitrogens with zero attached hydrogens (tertiary/aromatic N) is 1. The third-order valence-corrected chi connectivity index (χ3v) is 7.22. The fourth-order valence-corrected chi connectivity index (χ4v) is 5.56. The molecule has 1 heterocycles. The van der Waals surface area contributed by atoms with E-state index >= 15 is 0 Å². The second-order valence-corrected chi connectivity index (χ2v) is 10.1. The van der Waals surface area contributed by atoms with Gasteiger partial charge in [-0.05, 0) is 25.0 Å². The van der Waals surface area contributed by atoms with Gasteiger partial charge in [0.05, 0.1) is 17.3 Å². The summed E-state index contributed by atoms with van der Waals surface area (Å²) >= 11 is 9.14. The van der Waals surface area contributed by atoms with Crippen molar-refractivity contribution in [3.05, 3.63) is 75.3 Å². The lowest BCUT2D eigenvalue weighted by atomic mass is 9.76. The number of hydrogen-bond acceptors (Lipinski definition) is 5. The van der Waals surface area contributed by atoms with Crippen LogP contribution >= 0.6 is 34.7 Å². The van der Waals surface area contributed by atoms with Crippen LogP contribution in [0.2, 0.25) is 0 Å². The number of allylic oxidation sites excluding steroid dienone is 2. The van der Waals surface area contributed by atoms with Crippen LogP contribution < -0.4 is 0 Å². The van der Waals surface area contributed by atoms with Gasteiger partial charge in [0.2, 0.25) is 0 Å². The van der Waals surface area contributed by atoms with Crippen molar-refractivity contribution in [2.75, 3.05) is 0 Å². The first-order chi connectivity index (χ1) is 13.4. The minimum absolute atomic E-state index is 0.152. The molecule has 2 aliphatic carbocycles. The Morgan fingerprint density at radius 1 is 1.32 bits per heavy atom.